The highest BCUT2D eigenvalue weighted by Gasteiger charge is 2.31. The largest absolute Gasteiger partial charge is 0.450 e. The van der Waals surface area contributed by atoms with Crippen LogP contribution in [0, 0.1) is 0 Å². The fourth-order valence-electron chi connectivity index (χ4n) is 2.74. The minimum Gasteiger partial charge on any atom is -0.450 e. The van der Waals surface area contributed by atoms with Crippen LogP contribution >= 0.6 is 0 Å². The molecule has 0 radical (unpaired) electrons. The Hall–Kier alpha value is -1.55. The van der Waals surface area contributed by atoms with E-state index >= 15 is 0 Å². The molecule has 0 saturated carbocycles. The monoisotopic (exact) mass is 290 g/mol. The van der Waals surface area contributed by atoms with Crippen molar-refractivity contribution >= 4 is 6.09 Å². The van der Waals surface area contributed by atoms with Crippen molar-refractivity contribution in [2.24, 2.45) is 0 Å². The van der Waals surface area contributed by atoms with Crippen molar-refractivity contribution in [3.8, 4) is 0 Å². The molecule has 1 amide bonds. The number of hydrogen-bond acceptors (Lipinski definition) is 3. The van der Waals surface area contributed by atoms with Crippen LogP contribution < -0.4 is 5.32 Å². The first-order chi connectivity index (χ1) is 10.2. The number of carbonyl (C=O) groups excluding carboxylic acids is 1. The lowest BCUT2D eigenvalue weighted by Gasteiger charge is -2.28. The predicted molar refractivity (Wildman–Crippen MR) is 83.9 cm³/mol. The quantitative estimate of drug-likeness (QED) is 0.815. The molecule has 2 atom stereocenters. The van der Waals surface area contributed by atoms with Gasteiger partial charge in [0.1, 0.15) is 0 Å². The molecule has 1 saturated heterocycles. The second-order valence-electron chi connectivity index (χ2n) is 5.73. The predicted octanol–water partition coefficient (Wildman–Crippen LogP) is 3.52. The Labute approximate surface area is 127 Å². The Morgan fingerprint density at radius 2 is 2.10 bits per heavy atom. The van der Waals surface area contributed by atoms with Crippen LogP contribution in [0.15, 0.2) is 30.3 Å². The van der Waals surface area contributed by atoms with E-state index in [1.165, 1.54) is 5.56 Å². The smallest absolute Gasteiger partial charge is 0.408 e. The maximum Gasteiger partial charge on any atom is 0.408 e. The number of benzene rings is 1. The van der Waals surface area contributed by atoms with Gasteiger partial charge < -0.3 is 10.1 Å². The number of alkyl carbamates (subject to hydrolysis) is 1. The van der Waals surface area contributed by atoms with Crippen molar-refractivity contribution in [3.63, 3.8) is 0 Å². The molecule has 0 spiro atoms. The van der Waals surface area contributed by atoms with Gasteiger partial charge in [-0.2, -0.15) is 0 Å². The Kier molecular flexibility index (Phi) is 6.05. The van der Waals surface area contributed by atoms with E-state index in [2.05, 4.69) is 48.3 Å². The molecule has 1 unspecified atom stereocenters. The van der Waals surface area contributed by atoms with E-state index in [0.29, 0.717) is 12.6 Å². The minimum absolute atomic E-state index is 0.0781. The Bertz CT molecular complexity index is 436. The zero-order valence-corrected chi connectivity index (χ0v) is 13.0. The molecule has 1 N–H and O–H groups in total. The SMILES string of the molecule is CCCCOC(=O)NC1CC[C@H](C)N1Cc1ccccc1. The average molecular weight is 290 g/mol. The molecule has 21 heavy (non-hydrogen) atoms. The average Bonchev–Trinajstić information content (AvgIpc) is 2.82. The van der Waals surface area contributed by atoms with Crippen LogP contribution in [0.25, 0.3) is 0 Å². The Balaban J connectivity index is 1.87. The summed E-state index contributed by atoms with van der Waals surface area (Å²) in [5.41, 5.74) is 1.28. The van der Waals surface area contributed by atoms with Gasteiger partial charge in [-0.1, -0.05) is 43.7 Å². The van der Waals surface area contributed by atoms with Gasteiger partial charge in [0.2, 0.25) is 0 Å². The van der Waals surface area contributed by atoms with Crippen molar-refractivity contribution in [3.05, 3.63) is 35.9 Å². The van der Waals surface area contributed by atoms with E-state index in [0.717, 1.165) is 32.2 Å². The summed E-state index contributed by atoms with van der Waals surface area (Å²) in [5.74, 6) is 0. The van der Waals surface area contributed by atoms with Crippen LogP contribution in [0.2, 0.25) is 0 Å². The van der Waals surface area contributed by atoms with Crippen molar-refractivity contribution in [2.45, 2.75) is 58.3 Å². The van der Waals surface area contributed by atoms with Crippen molar-refractivity contribution in [2.75, 3.05) is 6.61 Å². The van der Waals surface area contributed by atoms with Gasteiger partial charge in [-0.25, -0.2) is 4.79 Å². The van der Waals surface area contributed by atoms with E-state index < -0.39 is 0 Å². The van der Waals surface area contributed by atoms with Crippen LogP contribution in [-0.2, 0) is 11.3 Å². The standard InChI is InChI=1S/C17H26N2O2/c1-3-4-12-21-17(20)18-16-11-10-14(2)19(16)13-15-8-6-5-7-9-15/h5-9,14,16H,3-4,10-13H2,1-2H3,(H,18,20)/t14-,16?/m0/s1. The number of unbranched alkanes of at least 4 members (excludes halogenated alkanes) is 1. The molecule has 2 rings (SSSR count). The van der Waals surface area contributed by atoms with Crippen molar-refractivity contribution in [1.82, 2.24) is 10.2 Å². The number of ether oxygens (including phenoxy) is 1. The summed E-state index contributed by atoms with van der Waals surface area (Å²) in [7, 11) is 0. The fourth-order valence-corrected chi connectivity index (χ4v) is 2.74. The summed E-state index contributed by atoms with van der Waals surface area (Å²) in [5, 5.41) is 3.00. The summed E-state index contributed by atoms with van der Waals surface area (Å²) in [6, 6.07) is 10.9. The topological polar surface area (TPSA) is 41.6 Å². The van der Waals surface area contributed by atoms with Gasteiger partial charge in [0.05, 0.1) is 12.8 Å². The number of nitrogens with one attached hydrogen (secondary N) is 1. The minimum atomic E-state index is -0.291. The molecule has 1 fully saturated rings. The molecule has 1 aliphatic heterocycles. The Morgan fingerprint density at radius 3 is 2.81 bits per heavy atom. The van der Waals surface area contributed by atoms with E-state index in [1.807, 2.05) is 6.07 Å². The van der Waals surface area contributed by atoms with Crippen LogP contribution in [0.4, 0.5) is 4.79 Å². The molecular formula is C17H26N2O2. The van der Waals surface area contributed by atoms with Crippen LogP contribution in [0.5, 0.6) is 0 Å². The zero-order chi connectivity index (χ0) is 15.1. The first kappa shape index (κ1) is 15.8. The first-order valence-electron chi connectivity index (χ1n) is 7.93. The molecule has 0 aliphatic carbocycles. The van der Waals surface area contributed by atoms with E-state index in [9.17, 15) is 4.79 Å². The van der Waals surface area contributed by atoms with Crippen LogP contribution in [0.1, 0.15) is 45.1 Å². The third kappa shape index (κ3) is 4.74. The number of nitrogens with zero attached hydrogens (tertiary/aromatic N) is 1. The second-order valence-corrected chi connectivity index (χ2v) is 5.73. The zero-order valence-electron chi connectivity index (χ0n) is 13.0. The molecule has 1 aromatic rings. The lowest BCUT2D eigenvalue weighted by Crippen LogP contribution is -2.46. The molecular weight excluding hydrogens is 264 g/mol. The third-order valence-electron chi connectivity index (χ3n) is 4.05. The van der Waals surface area contributed by atoms with Gasteiger partial charge >= 0.3 is 6.09 Å². The van der Waals surface area contributed by atoms with Gasteiger partial charge in [-0.3, -0.25) is 4.90 Å². The van der Waals surface area contributed by atoms with Gasteiger partial charge in [0.25, 0.3) is 0 Å². The van der Waals surface area contributed by atoms with Crippen molar-refractivity contribution < 1.29 is 9.53 Å². The lowest BCUT2D eigenvalue weighted by molar-refractivity contribution is 0.115. The van der Waals surface area contributed by atoms with Crippen LogP contribution in [-0.4, -0.2) is 29.8 Å². The summed E-state index contributed by atoms with van der Waals surface area (Å²) >= 11 is 0. The summed E-state index contributed by atoms with van der Waals surface area (Å²) in [4.78, 5) is 14.2. The maximum atomic E-state index is 11.8. The molecule has 1 heterocycles. The fraction of sp³-hybridized carbons (Fsp3) is 0.588. The van der Waals surface area contributed by atoms with Gasteiger partial charge in [0, 0.05) is 12.6 Å². The normalized spacial score (nSPS) is 22.2. The highest BCUT2D eigenvalue weighted by Crippen LogP contribution is 2.24. The van der Waals surface area contributed by atoms with Gasteiger partial charge in [-0.05, 0) is 31.7 Å². The van der Waals surface area contributed by atoms with Gasteiger partial charge in [-0.15, -0.1) is 0 Å². The molecule has 1 aromatic carbocycles. The molecule has 1 aliphatic rings. The highest BCUT2D eigenvalue weighted by molar-refractivity contribution is 5.67. The van der Waals surface area contributed by atoms with Crippen LogP contribution in [0.3, 0.4) is 0 Å². The van der Waals surface area contributed by atoms with Gasteiger partial charge in [0.15, 0.2) is 0 Å². The van der Waals surface area contributed by atoms with E-state index in [4.69, 9.17) is 4.74 Å². The summed E-state index contributed by atoms with van der Waals surface area (Å²) < 4.78 is 5.20. The number of carbonyl (C=O) groups is 1. The third-order valence-corrected chi connectivity index (χ3v) is 4.05. The Morgan fingerprint density at radius 1 is 1.33 bits per heavy atom. The lowest BCUT2D eigenvalue weighted by atomic mass is 10.2. The number of amides is 1. The summed E-state index contributed by atoms with van der Waals surface area (Å²) in [6.45, 7) is 5.67. The number of rotatable bonds is 6. The van der Waals surface area contributed by atoms with E-state index in [1.54, 1.807) is 0 Å². The second kappa shape index (κ2) is 8.03. The number of likely N-dealkylation sites (tertiary alicyclic amines) is 1. The van der Waals surface area contributed by atoms with E-state index in [-0.39, 0.29) is 12.3 Å². The molecule has 116 valence electrons. The first-order valence-corrected chi connectivity index (χ1v) is 7.93. The summed E-state index contributed by atoms with van der Waals surface area (Å²) in [6.07, 6.45) is 3.83. The molecule has 4 heteroatoms. The maximum absolute atomic E-state index is 11.8. The molecule has 0 aromatic heterocycles. The number of hydrogen-bond donors (Lipinski definition) is 1. The van der Waals surface area contributed by atoms with Crippen molar-refractivity contribution in [1.29, 1.82) is 0 Å². The highest BCUT2D eigenvalue weighted by atomic mass is 16.5. The molecule has 0 bridgehead atoms. The molecule has 4 nitrogen and oxygen atoms in total.